The highest BCUT2D eigenvalue weighted by Gasteiger charge is 2.16. The first-order chi connectivity index (χ1) is 11.9. The zero-order valence-electron chi connectivity index (χ0n) is 13.5. The molecule has 7 heteroatoms. The molecule has 0 aliphatic heterocycles. The van der Waals surface area contributed by atoms with E-state index in [1.807, 2.05) is 38.1 Å². The van der Waals surface area contributed by atoms with Gasteiger partial charge in [-0.25, -0.2) is 9.19 Å². The number of ether oxygens (including phenoxy) is 1. The fourth-order valence-corrected chi connectivity index (χ4v) is 3.80. The number of pyridine rings is 1. The number of rotatable bonds is 4. The van der Waals surface area contributed by atoms with Crippen molar-refractivity contribution in [3.8, 4) is 5.75 Å². The average Bonchev–Trinajstić information content (AvgIpc) is 2.54. The van der Waals surface area contributed by atoms with Crippen LogP contribution in [0, 0.1) is 13.8 Å². The van der Waals surface area contributed by atoms with Crippen molar-refractivity contribution in [3.63, 3.8) is 0 Å². The molecule has 1 atom stereocenters. The molecular weight excluding hydrogens is 381 g/mol. The van der Waals surface area contributed by atoms with Gasteiger partial charge in [0.15, 0.2) is 11.1 Å². The van der Waals surface area contributed by atoms with Crippen molar-refractivity contribution in [3.05, 3.63) is 63.3 Å². The lowest BCUT2D eigenvalue weighted by molar-refractivity contribution is 0.309. The molecule has 0 aliphatic carbocycles. The Hall–Kier alpha value is -1.66. The summed E-state index contributed by atoms with van der Waals surface area (Å²) in [5.74, 6) is 0.604. The molecule has 1 aromatic heterocycles. The van der Waals surface area contributed by atoms with Gasteiger partial charge in [0.25, 0.3) is 0 Å². The van der Waals surface area contributed by atoms with Gasteiger partial charge in [-0.2, -0.15) is 0 Å². The van der Waals surface area contributed by atoms with Gasteiger partial charge in [0.05, 0.1) is 9.92 Å². The van der Waals surface area contributed by atoms with E-state index in [-0.39, 0.29) is 16.5 Å². The lowest BCUT2D eigenvalue weighted by Crippen LogP contribution is -2.02. The van der Waals surface area contributed by atoms with E-state index in [1.54, 1.807) is 0 Å². The van der Waals surface area contributed by atoms with Gasteiger partial charge in [-0.3, -0.25) is 0 Å². The number of nitrogens with zero attached hydrogens (tertiary/aromatic N) is 1. The zero-order chi connectivity index (χ0) is 18.1. The van der Waals surface area contributed by atoms with Crippen LogP contribution in [-0.4, -0.2) is 13.7 Å². The van der Waals surface area contributed by atoms with Gasteiger partial charge >= 0.3 is 0 Å². The molecule has 0 fully saturated rings. The number of halogens is 2. The fraction of sp³-hybridized carbons (Fsp3) is 0.167. The van der Waals surface area contributed by atoms with Crippen LogP contribution < -0.4 is 4.74 Å². The summed E-state index contributed by atoms with van der Waals surface area (Å²) in [6.07, 6.45) is 0. The molecule has 3 aromatic rings. The van der Waals surface area contributed by atoms with Crippen molar-refractivity contribution in [2.24, 2.45) is 0 Å². The summed E-state index contributed by atoms with van der Waals surface area (Å²) in [5.41, 5.74) is 3.23. The summed E-state index contributed by atoms with van der Waals surface area (Å²) < 4.78 is 26.5. The van der Waals surface area contributed by atoms with Crippen LogP contribution in [-0.2, 0) is 17.7 Å². The van der Waals surface area contributed by atoms with Gasteiger partial charge in [-0.05, 0) is 43.7 Å². The van der Waals surface area contributed by atoms with E-state index in [1.165, 1.54) is 12.1 Å². The second kappa shape index (κ2) is 7.30. The monoisotopic (exact) mass is 395 g/mol. The first kappa shape index (κ1) is 18.1. The van der Waals surface area contributed by atoms with Gasteiger partial charge < -0.3 is 9.29 Å². The van der Waals surface area contributed by atoms with Crippen LogP contribution in [0.3, 0.4) is 0 Å². The Morgan fingerprint density at radius 1 is 1.20 bits per heavy atom. The van der Waals surface area contributed by atoms with Crippen LogP contribution in [0.2, 0.25) is 10.0 Å². The summed E-state index contributed by atoms with van der Waals surface area (Å²) in [4.78, 5) is 4.66. The quantitative estimate of drug-likeness (QED) is 0.607. The Morgan fingerprint density at radius 2 is 1.96 bits per heavy atom. The highest BCUT2D eigenvalue weighted by atomic mass is 35.5. The molecule has 0 aliphatic rings. The molecule has 2 aromatic carbocycles. The molecule has 25 heavy (non-hydrogen) atoms. The number of hydrogen-bond donors (Lipinski definition) is 1. The van der Waals surface area contributed by atoms with Gasteiger partial charge in [0.2, 0.25) is 0 Å². The molecule has 0 spiro atoms. The highest BCUT2D eigenvalue weighted by molar-refractivity contribution is 7.79. The van der Waals surface area contributed by atoms with Gasteiger partial charge in [0, 0.05) is 21.7 Å². The Balaban J connectivity index is 1.99. The van der Waals surface area contributed by atoms with Gasteiger partial charge in [-0.1, -0.05) is 35.3 Å². The number of aryl methyl sites for hydroxylation is 2. The second-order valence-electron chi connectivity index (χ2n) is 5.61. The van der Waals surface area contributed by atoms with Crippen molar-refractivity contribution >= 4 is 45.2 Å². The normalized spacial score (nSPS) is 12.4. The fourth-order valence-electron chi connectivity index (χ4n) is 2.67. The highest BCUT2D eigenvalue weighted by Crippen LogP contribution is 2.32. The summed E-state index contributed by atoms with van der Waals surface area (Å²) in [5, 5.41) is 1.51. The Labute approximate surface area is 158 Å². The standard InChI is InChI=1S/C18H15Cl2NO3S/c1-10-8-11(2)21-18-12(10)4-3-5-15(18)24-9-13-14(19)6-7-16(17(13)20)25(22)23/h3-8H,9H2,1-2H3,(H,22,23). The lowest BCUT2D eigenvalue weighted by atomic mass is 10.1. The first-order valence-electron chi connectivity index (χ1n) is 7.46. The van der Waals surface area contributed by atoms with E-state index in [0.717, 1.165) is 22.2 Å². The number of para-hydroxylation sites is 1. The third-order valence-electron chi connectivity index (χ3n) is 3.85. The number of aromatic nitrogens is 1. The minimum atomic E-state index is -2.19. The van der Waals surface area contributed by atoms with E-state index in [9.17, 15) is 8.76 Å². The Bertz CT molecular complexity index is 992. The molecule has 0 saturated heterocycles. The average molecular weight is 396 g/mol. The maximum absolute atomic E-state index is 11.3. The third kappa shape index (κ3) is 3.65. The molecular formula is C18H15Cl2NO3S. The van der Waals surface area contributed by atoms with E-state index in [2.05, 4.69) is 4.98 Å². The molecule has 1 N–H and O–H groups in total. The second-order valence-corrected chi connectivity index (χ2v) is 7.33. The van der Waals surface area contributed by atoms with E-state index in [0.29, 0.717) is 16.3 Å². The van der Waals surface area contributed by atoms with E-state index in [4.69, 9.17) is 27.9 Å². The Kier molecular flexibility index (Phi) is 5.29. The van der Waals surface area contributed by atoms with E-state index < -0.39 is 11.1 Å². The molecule has 130 valence electrons. The third-order valence-corrected chi connectivity index (χ3v) is 5.46. The number of fused-ring (bicyclic) bond motifs is 1. The van der Waals surface area contributed by atoms with Crippen LogP contribution in [0.15, 0.2) is 41.3 Å². The van der Waals surface area contributed by atoms with Crippen LogP contribution in [0.25, 0.3) is 10.9 Å². The Morgan fingerprint density at radius 3 is 2.68 bits per heavy atom. The minimum Gasteiger partial charge on any atom is -0.487 e. The number of benzene rings is 2. The summed E-state index contributed by atoms with van der Waals surface area (Å²) in [6, 6.07) is 10.7. The van der Waals surface area contributed by atoms with Crippen molar-refractivity contribution < 1.29 is 13.5 Å². The van der Waals surface area contributed by atoms with Crippen LogP contribution in [0.4, 0.5) is 0 Å². The van der Waals surface area contributed by atoms with Gasteiger partial charge in [-0.15, -0.1) is 0 Å². The molecule has 3 rings (SSSR count). The van der Waals surface area contributed by atoms with E-state index >= 15 is 0 Å². The molecule has 4 nitrogen and oxygen atoms in total. The van der Waals surface area contributed by atoms with Crippen molar-refractivity contribution in [1.29, 1.82) is 0 Å². The topological polar surface area (TPSA) is 59.4 Å². The van der Waals surface area contributed by atoms with Crippen molar-refractivity contribution in [2.75, 3.05) is 0 Å². The molecule has 0 bridgehead atoms. The summed E-state index contributed by atoms with van der Waals surface area (Å²) in [6.45, 7) is 4.02. The van der Waals surface area contributed by atoms with Crippen LogP contribution in [0.1, 0.15) is 16.8 Å². The van der Waals surface area contributed by atoms with Crippen molar-refractivity contribution in [1.82, 2.24) is 4.98 Å². The smallest absolute Gasteiger partial charge is 0.188 e. The largest absolute Gasteiger partial charge is 0.487 e. The molecule has 1 heterocycles. The zero-order valence-corrected chi connectivity index (χ0v) is 15.9. The van der Waals surface area contributed by atoms with Crippen LogP contribution in [0.5, 0.6) is 5.75 Å². The first-order valence-corrected chi connectivity index (χ1v) is 9.32. The summed E-state index contributed by atoms with van der Waals surface area (Å²) in [7, 11) is 0. The maximum atomic E-state index is 11.3. The molecule has 0 radical (unpaired) electrons. The SMILES string of the molecule is Cc1cc(C)c2cccc(OCc3c(Cl)ccc(S(=O)O)c3Cl)c2n1. The molecule has 1 unspecified atom stereocenters. The van der Waals surface area contributed by atoms with Gasteiger partial charge in [0.1, 0.15) is 17.9 Å². The minimum absolute atomic E-state index is 0.0660. The number of hydrogen-bond acceptors (Lipinski definition) is 3. The lowest BCUT2D eigenvalue weighted by Gasteiger charge is -2.13. The summed E-state index contributed by atoms with van der Waals surface area (Å²) >= 11 is 10.2. The predicted octanol–water partition coefficient (Wildman–Crippen LogP) is 5.32. The maximum Gasteiger partial charge on any atom is 0.188 e. The predicted molar refractivity (Wildman–Crippen MR) is 101 cm³/mol. The molecule has 0 saturated carbocycles. The molecule has 0 amide bonds. The van der Waals surface area contributed by atoms with Crippen LogP contribution >= 0.6 is 23.2 Å². The van der Waals surface area contributed by atoms with Crippen molar-refractivity contribution in [2.45, 2.75) is 25.3 Å².